The van der Waals surface area contributed by atoms with E-state index in [1.54, 1.807) is 12.3 Å². The van der Waals surface area contributed by atoms with Crippen molar-refractivity contribution in [3.8, 4) is 11.1 Å². The molecule has 2 rings (SSSR count). The van der Waals surface area contributed by atoms with Crippen LogP contribution in [-0.4, -0.2) is 11.7 Å². The number of aliphatic imine (C=N–C) groups is 1. The van der Waals surface area contributed by atoms with Crippen molar-refractivity contribution in [2.24, 2.45) is 4.99 Å². The van der Waals surface area contributed by atoms with Crippen LogP contribution in [0.25, 0.3) is 16.2 Å². The molecule has 90 valence electrons. The third-order valence-corrected chi connectivity index (χ3v) is 2.78. The molecule has 0 amide bonds. The Morgan fingerprint density at radius 1 is 1.22 bits per heavy atom. The number of nitrogens with two attached hydrogens (primary N) is 1. The first kappa shape index (κ1) is 12.3. The molecule has 0 unspecified atom stereocenters. The third kappa shape index (κ3) is 2.41. The highest BCUT2D eigenvalue weighted by Gasteiger charge is 2.06. The van der Waals surface area contributed by atoms with Gasteiger partial charge in [-0.3, -0.25) is 4.99 Å². The summed E-state index contributed by atoms with van der Waals surface area (Å²) < 4.78 is 0. The first-order chi connectivity index (χ1) is 8.61. The Bertz CT molecular complexity index is 620. The quantitative estimate of drug-likeness (QED) is 0.849. The predicted molar refractivity (Wildman–Crippen MR) is 78.2 cm³/mol. The van der Waals surface area contributed by atoms with E-state index >= 15 is 0 Å². The standard InChI is InChI=1S/C14H12ClN3/c1-9(15)12-7-10(3-4-13(12)17-2)11-5-6-18-14(16)8-11/h3-8H,1-2H2,(H2,16,18). The second kappa shape index (κ2) is 5.02. The maximum Gasteiger partial charge on any atom is 0.123 e. The van der Waals surface area contributed by atoms with Gasteiger partial charge in [-0.05, 0) is 42.1 Å². The maximum absolute atomic E-state index is 5.96. The third-order valence-electron chi connectivity index (χ3n) is 2.57. The van der Waals surface area contributed by atoms with Crippen LogP contribution in [0.15, 0.2) is 48.1 Å². The van der Waals surface area contributed by atoms with Crippen LogP contribution in [0.1, 0.15) is 5.56 Å². The van der Waals surface area contributed by atoms with E-state index in [2.05, 4.69) is 23.3 Å². The van der Waals surface area contributed by atoms with Gasteiger partial charge in [0.1, 0.15) is 5.82 Å². The van der Waals surface area contributed by atoms with Crippen LogP contribution < -0.4 is 5.73 Å². The molecule has 1 aromatic heterocycles. The lowest BCUT2D eigenvalue weighted by Gasteiger charge is -2.08. The molecule has 0 aliphatic rings. The van der Waals surface area contributed by atoms with Crippen molar-refractivity contribution in [3.05, 3.63) is 48.7 Å². The molecule has 0 aliphatic heterocycles. The lowest BCUT2D eigenvalue weighted by atomic mass is 10.0. The van der Waals surface area contributed by atoms with E-state index in [0.717, 1.165) is 16.7 Å². The van der Waals surface area contributed by atoms with E-state index in [1.807, 2.05) is 24.3 Å². The summed E-state index contributed by atoms with van der Waals surface area (Å²) in [6, 6.07) is 9.38. The van der Waals surface area contributed by atoms with Crippen LogP contribution in [0.3, 0.4) is 0 Å². The number of hydrogen-bond donors (Lipinski definition) is 1. The van der Waals surface area contributed by atoms with Gasteiger partial charge in [-0.1, -0.05) is 24.2 Å². The summed E-state index contributed by atoms with van der Waals surface area (Å²) in [5.74, 6) is 0.477. The minimum absolute atomic E-state index is 0.432. The number of halogens is 1. The number of benzene rings is 1. The summed E-state index contributed by atoms with van der Waals surface area (Å²) >= 11 is 5.96. The van der Waals surface area contributed by atoms with Crippen molar-refractivity contribution >= 4 is 34.9 Å². The zero-order chi connectivity index (χ0) is 13.1. The lowest BCUT2D eigenvalue weighted by molar-refractivity contribution is 1.34. The van der Waals surface area contributed by atoms with E-state index in [9.17, 15) is 0 Å². The van der Waals surface area contributed by atoms with Crippen LogP contribution in [0.4, 0.5) is 11.5 Å². The predicted octanol–water partition coefficient (Wildman–Crippen LogP) is 3.87. The van der Waals surface area contributed by atoms with Crippen molar-refractivity contribution < 1.29 is 0 Å². The smallest absolute Gasteiger partial charge is 0.123 e. The molecule has 0 saturated heterocycles. The Kier molecular flexibility index (Phi) is 3.44. The average molecular weight is 258 g/mol. The first-order valence-corrected chi connectivity index (χ1v) is 5.67. The summed E-state index contributed by atoms with van der Waals surface area (Å²) in [6.07, 6.45) is 1.67. The van der Waals surface area contributed by atoms with Gasteiger partial charge < -0.3 is 5.73 Å². The van der Waals surface area contributed by atoms with Crippen molar-refractivity contribution in [1.29, 1.82) is 0 Å². The van der Waals surface area contributed by atoms with E-state index in [4.69, 9.17) is 17.3 Å². The van der Waals surface area contributed by atoms with E-state index < -0.39 is 0 Å². The van der Waals surface area contributed by atoms with E-state index in [0.29, 0.717) is 16.5 Å². The summed E-state index contributed by atoms with van der Waals surface area (Å²) in [4.78, 5) is 7.87. The number of nitrogens with zero attached hydrogens (tertiary/aromatic N) is 2. The van der Waals surface area contributed by atoms with E-state index in [1.165, 1.54) is 0 Å². The van der Waals surface area contributed by atoms with E-state index in [-0.39, 0.29) is 0 Å². The van der Waals surface area contributed by atoms with Gasteiger partial charge in [-0.2, -0.15) is 0 Å². The number of anilines is 1. The molecule has 2 aromatic rings. The highest BCUT2D eigenvalue weighted by Crippen LogP contribution is 2.32. The molecule has 2 N–H and O–H groups in total. The molecular formula is C14H12ClN3. The Balaban J connectivity index is 2.56. The fourth-order valence-electron chi connectivity index (χ4n) is 1.70. The number of pyridine rings is 1. The molecule has 0 radical (unpaired) electrons. The summed E-state index contributed by atoms with van der Waals surface area (Å²) in [7, 11) is 0. The summed E-state index contributed by atoms with van der Waals surface area (Å²) in [5.41, 5.74) is 9.09. The van der Waals surface area contributed by atoms with Crippen molar-refractivity contribution in [3.63, 3.8) is 0 Å². The summed E-state index contributed by atoms with van der Waals surface area (Å²) in [6.45, 7) is 7.24. The minimum atomic E-state index is 0.432. The zero-order valence-electron chi connectivity index (χ0n) is 9.73. The minimum Gasteiger partial charge on any atom is -0.384 e. The molecule has 3 nitrogen and oxygen atoms in total. The molecule has 0 fully saturated rings. The molecule has 0 atom stereocenters. The molecule has 0 saturated carbocycles. The zero-order valence-corrected chi connectivity index (χ0v) is 10.5. The maximum atomic E-state index is 5.96. The van der Waals surface area contributed by atoms with Gasteiger partial charge in [-0.25, -0.2) is 4.98 Å². The van der Waals surface area contributed by atoms with Gasteiger partial charge in [0, 0.05) is 16.8 Å². The fourth-order valence-corrected chi connectivity index (χ4v) is 1.85. The second-order valence-corrected chi connectivity index (χ2v) is 4.22. The van der Waals surface area contributed by atoms with Crippen LogP contribution in [-0.2, 0) is 0 Å². The SMILES string of the molecule is C=Nc1ccc(-c2ccnc(N)c2)cc1C(=C)Cl. The molecule has 1 heterocycles. The van der Waals surface area contributed by atoms with Crippen LogP contribution in [0.2, 0.25) is 0 Å². The van der Waals surface area contributed by atoms with Gasteiger partial charge in [0.15, 0.2) is 0 Å². The Hall–Kier alpha value is -2.13. The van der Waals surface area contributed by atoms with Gasteiger partial charge >= 0.3 is 0 Å². The van der Waals surface area contributed by atoms with Crippen LogP contribution in [0.5, 0.6) is 0 Å². The largest absolute Gasteiger partial charge is 0.384 e. The van der Waals surface area contributed by atoms with Gasteiger partial charge in [0.25, 0.3) is 0 Å². The number of rotatable bonds is 3. The van der Waals surface area contributed by atoms with Crippen molar-refractivity contribution in [1.82, 2.24) is 4.98 Å². The van der Waals surface area contributed by atoms with Gasteiger partial charge in [-0.15, -0.1) is 0 Å². The van der Waals surface area contributed by atoms with Crippen molar-refractivity contribution in [2.45, 2.75) is 0 Å². The van der Waals surface area contributed by atoms with Gasteiger partial charge in [0.2, 0.25) is 0 Å². The highest BCUT2D eigenvalue weighted by molar-refractivity contribution is 6.48. The average Bonchev–Trinajstić information content (AvgIpc) is 2.38. The lowest BCUT2D eigenvalue weighted by Crippen LogP contribution is -1.90. The second-order valence-electron chi connectivity index (χ2n) is 3.76. The Morgan fingerprint density at radius 2 is 1.94 bits per heavy atom. The molecule has 0 bridgehead atoms. The van der Waals surface area contributed by atoms with Crippen LogP contribution >= 0.6 is 11.6 Å². The number of aromatic nitrogens is 1. The molecule has 1 aromatic carbocycles. The van der Waals surface area contributed by atoms with Gasteiger partial charge in [0.05, 0.1) is 5.69 Å². The normalized spacial score (nSPS) is 10.1. The number of hydrogen-bond acceptors (Lipinski definition) is 3. The van der Waals surface area contributed by atoms with Crippen molar-refractivity contribution in [2.75, 3.05) is 5.73 Å². The molecule has 0 aliphatic carbocycles. The Morgan fingerprint density at radius 3 is 2.56 bits per heavy atom. The Labute approximate surface area is 111 Å². The topological polar surface area (TPSA) is 51.3 Å². The molecule has 4 heteroatoms. The monoisotopic (exact) mass is 257 g/mol. The van der Waals surface area contributed by atoms with Crippen LogP contribution in [0, 0.1) is 0 Å². The molecule has 18 heavy (non-hydrogen) atoms. The molecular weight excluding hydrogens is 246 g/mol. The highest BCUT2D eigenvalue weighted by atomic mass is 35.5. The fraction of sp³-hybridized carbons (Fsp3) is 0. The molecule has 0 spiro atoms. The number of nitrogen functional groups attached to an aromatic ring is 1. The first-order valence-electron chi connectivity index (χ1n) is 5.29. The summed E-state index contributed by atoms with van der Waals surface area (Å²) in [5, 5.41) is 0.432.